The number of amides is 18. The molecule has 0 unspecified atom stereocenters. The lowest BCUT2D eigenvalue weighted by atomic mass is 9.97. The number of hydrogen-bond donors (Lipinski definition) is 25. The molecule has 122 heavy (non-hydrogen) atoms. The van der Waals surface area contributed by atoms with Crippen LogP contribution in [0.2, 0.25) is 0 Å². The molecule has 52 heteroatoms. The summed E-state index contributed by atoms with van der Waals surface area (Å²) in [6.45, 7) is 0.495. The summed E-state index contributed by atoms with van der Waals surface area (Å²) in [7, 11) is 2.82. The van der Waals surface area contributed by atoms with E-state index in [0.29, 0.717) is 32.4 Å². The van der Waals surface area contributed by atoms with Crippen LogP contribution in [0.3, 0.4) is 0 Å². The Hall–Kier alpha value is -11.8. The molecule has 2 aromatic rings. The molecule has 2 bridgehead atoms. The summed E-state index contributed by atoms with van der Waals surface area (Å²) in [5, 5.41) is 82.5. The Morgan fingerprint density at radius 3 is 1.52 bits per heavy atom. The second kappa shape index (κ2) is 48.6. The second-order valence-electron chi connectivity index (χ2n) is 28.6. The van der Waals surface area contributed by atoms with Gasteiger partial charge in [0.15, 0.2) is 5.96 Å². The zero-order chi connectivity index (χ0) is 90.2. The summed E-state index contributed by atoms with van der Waals surface area (Å²) >= 11 is 0. The number of phenolic OH excluding ortho intramolecular Hbond substituents is 1. The number of nitrogens with two attached hydrogens (primary N) is 5. The molecule has 16 atom stereocenters. The van der Waals surface area contributed by atoms with Gasteiger partial charge in [0.1, 0.15) is 102 Å². The van der Waals surface area contributed by atoms with E-state index in [9.17, 15) is 112 Å². The number of guanidine groups is 1. The van der Waals surface area contributed by atoms with Gasteiger partial charge in [-0.1, -0.05) is 75.6 Å². The van der Waals surface area contributed by atoms with E-state index in [0.717, 1.165) is 20.6 Å². The zero-order valence-electron chi connectivity index (χ0n) is 66.1. The van der Waals surface area contributed by atoms with E-state index in [4.69, 9.17) is 34.1 Å². The van der Waals surface area contributed by atoms with Crippen LogP contribution in [-0.4, -0.2) is 311 Å². The number of carbonyl (C=O) groups is 20. The number of aromatic nitrogens is 2. The van der Waals surface area contributed by atoms with Crippen LogP contribution in [0, 0.1) is 11.3 Å². The Balaban J connectivity index is 1.53. The third-order valence-electron chi connectivity index (χ3n) is 19.4. The van der Waals surface area contributed by atoms with Gasteiger partial charge in [-0.05, 0) is 62.1 Å². The highest BCUT2D eigenvalue weighted by atomic mass is 33.1. The van der Waals surface area contributed by atoms with Gasteiger partial charge in [-0.2, -0.15) is 0 Å². The normalized spacial score (nSPS) is 26.6. The van der Waals surface area contributed by atoms with Crippen LogP contribution in [0.4, 0.5) is 0 Å². The quantitative estimate of drug-likeness (QED) is 0.0225. The number of aromatic hydroxyl groups is 1. The molecule has 670 valence electrons. The average molecular weight is 1790 g/mol. The number of aliphatic carboxylic acids is 2. The van der Waals surface area contributed by atoms with Crippen LogP contribution in [0.5, 0.6) is 5.75 Å². The van der Waals surface area contributed by atoms with Gasteiger partial charge in [0.2, 0.25) is 106 Å². The predicted molar refractivity (Wildman–Crippen MR) is 435 cm³/mol. The monoisotopic (exact) mass is 1790 g/mol. The first-order chi connectivity index (χ1) is 57.8. The lowest BCUT2D eigenvalue weighted by Gasteiger charge is -2.31. The van der Waals surface area contributed by atoms with Gasteiger partial charge < -0.3 is 138 Å². The zero-order valence-corrected chi connectivity index (χ0v) is 69.3. The standard InChI is InChI=1S/C70H102N24O24S4/c1-3-31(2)54-67(116)89-42(55(74)104)27-119-121-30-45-64(113)88-41(26-95)61(110)87-40(24-53(102)103)69(118)94-18-5-8-46(94)65(114)81-34(7-4-14-79-70(75)76)56(105)90-44(29-122-120-28-43(62(111)91-45)80-51(99)25-71)63(112)83-36(20-48(72)97)58(107)82-35(19-32-10-12-33(96)13-11-32)57(106)84-38(23-52(100)101)59(108)86-39(22-50-77-15-16-78-50)68(117)93-17-6-9-47(93)66(115)85-37(21-49(73)98)60(109)92-54/h10-13,15-16,31,34-47,54,95-96H,3-9,14,17-30,71H2,1-2H3,(H2,72,97)(H2,73,98)(H2,74,104)(H,77,78)(H,80,99)(H,81,114)(H,82,107)(H,83,112)(H,84,106)(H,85,115)(H,86,108)(H,87,110)(H,88,113)(H,89,116)(H,90,105)(H,91,111)(H,92,109)(H,100,101)(H,102,103)(H4,75,76,79)/t31-,34-,35-,36-,37-,38-,39-,40-,41-,42-,43-,44-,45-,46-,47-,54-/m0/s1. The fourth-order valence-corrected chi connectivity index (χ4v) is 17.5. The van der Waals surface area contributed by atoms with Gasteiger partial charge in [-0.25, -0.2) is 4.98 Å². The van der Waals surface area contributed by atoms with Crippen molar-refractivity contribution < 1.29 is 116 Å². The lowest BCUT2D eigenvalue weighted by molar-refractivity contribution is -0.146. The fraction of sp³-hybridized carbons (Fsp3) is 0.571. The van der Waals surface area contributed by atoms with Crippen molar-refractivity contribution in [1.82, 2.24) is 94.2 Å². The summed E-state index contributed by atoms with van der Waals surface area (Å²) in [5.74, 6) is -28.9. The Kier molecular flexibility index (Phi) is 39.5. The van der Waals surface area contributed by atoms with Gasteiger partial charge in [0.05, 0.1) is 38.8 Å². The molecule has 4 aliphatic rings. The van der Waals surface area contributed by atoms with Crippen molar-refractivity contribution in [3.8, 4) is 5.75 Å². The van der Waals surface area contributed by atoms with Crippen molar-refractivity contribution in [2.45, 2.75) is 188 Å². The molecule has 4 aliphatic heterocycles. The van der Waals surface area contributed by atoms with Gasteiger partial charge in [0, 0.05) is 67.9 Å². The van der Waals surface area contributed by atoms with Crippen molar-refractivity contribution in [3.05, 3.63) is 48.0 Å². The molecule has 5 heterocycles. The van der Waals surface area contributed by atoms with Gasteiger partial charge >= 0.3 is 11.9 Å². The Labute approximate surface area is 711 Å². The molecule has 0 spiro atoms. The maximum absolute atomic E-state index is 15.1. The topological polar surface area (TPSA) is 780 Å². The first kappa shape index (κ1) is 99.0. The molecule has 1 aromatic carbocycles. The van der Waals surface area contributed by atoms with E-state index in [2.05, 4.69) is 84.4 Å². The molecule has 48 nitrogen and oxygen atoms in total. The third-order valence-corrected chi connectivity index (χ3v) is 24.3. The number of imidazole rings is 1. The van der Waals surface area contributed by atoms with Crippen LogP contribution in [0.15, 0.2) is 36.7 Å². The number of aromatic amines is 1. The number of fused-ring (bicyclic) bond motifs is 10. The molecule has 30 N–H and O–H groups in total. The SMILES string of the molecule is CC[C@H](C)[C@@H]1NC(=O)[C@H](CC(N)=O)NC(=O)[C@@H]2CCCN2C(=O)[C@H](Cc2ncc[nH]2)NC(=O)[C@H](CC(=O)O)NC(=O)[C@H](Cc2ccc(O)cc2)NC(=O)[C@H](CC(N)=O)NC(=O)[C@@H]2CSSC[C@H](NC(=O)CN)C(=O)N[C@@H](CSSC[C@@H](C(N)=O)NC1=O)C(=O)N[C@@H](CO)C(=O)N[C@@H](CC(=O)O)C(=O)N1CCC[C@H]1C(=O)N[C@@H](CCCNC(=N)N)C(=O)N2. The fourth-order valence-electron chi connectivity index (χ4n) is 12.9. The smallest absolute Gasteiger partial charge is 0.305 e. The van der Waals surface area contributed by atoms with E-state index in [1.54, 1.807) is 6.92 Å². The van der Waals surface area contributed by atoms with Crippen LogP contribution in [0.1, 0.15) is 95.9 Å². The minimum absolute atomic E-state index is 0.0397. The van der Waals surface area contributed by atoms with Crippen LogP contribution < -0.4 is 103 Å². The van der Waals surface area contributed by atoms with Crippen LogP contribution in [-0.2, 0) is 109 Å². The molecule has 4 fully saturated rings. The molecular formula is C70H102N24O24S4. The van der Waals surface area contributed by atoms with Crippen molar-refractivity contribution >= 4 is 167 Å². The van der Waals surface area contributed by atoms with Crippen LogP contribution >= 0.6 is 43.2 Å². The van der Waals surface area contributed by atoms with Crippen molar-refractivity contribution in [3.63, 3.8) is 0 Å². The number of benzene rings is 1. The number of aliphatic hydroxyl groups excluding tert-OH is 1. The molecule has 0 saturated carbocycles. The number of nitrogens with one attached hydrogen (secondary N) is 16. The van der Waals surface area contributed by atoms with E-state index in [1.807, 2.05) is 0 Å². The highest BCUT2D eigenvalue weighted by Crippen LogP contribution is 2.28. The van der Waals surface area contributed by atoms with Gasteiger partial charge in [-0.3, -0.25) is 101 Å². The highest BCUT2D eigenvalue weighted by molar-refractivity contribution is 8.77. The van der Waals surface area contributed by atoms with Crippen molar-refractivity contribution in [1.29, 1.82) is 5.41 Å². The van der Waals surface area contributed by atoms with E-state index >= 15 is 4.79 Å². The lowest BCUT2D eigenvalue weighted by Crippen LogP contribution is -2.62. The number of H-pyrrole nitrogens is 1. The van der Waals surface area contributed by atoms with Crippen molar-refractivity contribution in [2.75, 3.05) is 55.8 Å². The molecule has 0 radical (unpaired) electrons. The molecule has 18 amide bonds. The summed E-state index contributed by atoms with van der Waals surface area (Å²) in [6, 6.07) is -22.8. The Bertz CT molecular complexity index is 4180. The summed E-state index contributed by atoms with van der Waals surface area (Å²) in [6.07, 6.45) is -3.36. The molecule has 4 saturated heterocycles. The molecular weight excluding hydrogens is 1690 g/mol. The van der Waals surface area contributed by atoms with Gasteiger partial charge in [0.25, 0.3) is 0 Å². The minimum atomic E-state index is -2.18. The average Bonchev–Trinajstić information content (AvgIpc) is 1.63. The third kappa shape index (κ3) is 31.0. The summed E-state index contributed by atoms with van der Waals surface area (Å²) in [5.41, 5.74) is 28.5. The largest absolute Gasteiger partial charge is 0.508 e. The van der Waals surface area contributed by atoms with Crippen LogP contribution in [0.25, 0.3) is 0 Å². The maximum atomic E-state index is 15.1. The number of hydrogen-bond acceptors (Lipinski definition) is 29. The number of aliphatic hydroxyl groups is 1. The van der Waals surface area contributed by atoms with E-state index in [1.165, 1.54) is 43.6 Å². The number of carbonyl (C=O) groups excluding carboxylic acids is 18. The Morgan fingerprint density at radius 1 is 0.541 bits per heavy atom. The summed E-state index contributed by atoms with van der Waals surface area (Å²) < 4.78 is 0. The number of phenols is 1. The molecule has 0 aliphatic carbocycles. The van der Waals surface area contributed by atoms with E-state index in [-0.39, 0.29) is 81.7 Å². The highest BCUT2D eigenvalue weighted by Gasteiger charge is 2.45. The minimum Gasteiger partial charge on any atom is -0.508 e. The van der Waals surface area contributed by atoms with Gasteiger partial charge in [-0.15, -0.1) is 0 Å². The summed E-state index contributed by atoms with van der Waals surface area (Å²) in [4.78, 5) is 292. The predicted octanol–water partition coefficient (Wildman–Crippen LogP) is -10.6. The molecule has 1 aromatic heterocycles. The number of rotatable bonds is 22. The van der Waals surface area contributed by atoms with Crippen molar-refractivity contribution in [2.24, 2.45) is 34.6 Å². The van der Waals surface area contributed by atoms with E-state index < -0.39 is 295 Å². The second-order valence-corrected chi connectivity index (χ2v) is 33.7. The first-order valence-electron chi connectivity index (χ1n) is 38.3. The number of nitrogens with zero attached hydrogens (tertiary/aromatic N) is 3. The number of primary amides is 3. The maximum Gasteiger partial charge on any atom is 0.305 e. The molecule has 6 rings (SSSR count). The number of carboxylic acids is 2. The first-order valence-corrected chi connectivity index (χ1v) is 43.3. The Morgan fingerprint density at radius 2 is 1.00 bits per heavy atom. The number of carboxylic acid groups (broad SMARTS) is 2.